The maximum absolute atomic E-state index is 11.9. The largest absolute Gasteiger partial charge is 0.295 e. The van der Waals surface area contributed by atoms with Crippen LogP contribution in [0.1, 0.15) is 34.6 Å². The summed E-state index contributed by atoms with van der Waals surface area (Å²) in [5.41, 5.74) is 1.46. The lowest BCUT2D eigenvalue weighted by molar-refractivity contribution is 0.100. The molecule has 0 spiro atoms. The van der Waals surface area contributed by atoms with Crippen molar-refractivity contribution in [1.29, 1.82) is 0 Å². The Hall–Kier alpha value is -0.720. The van der Waals surface area contributed by atoms with E-state index in [0.717, 1.165) is 58.9 Å². The summed E-state index contributed by atoms with van der Waals surface area (Å²) in [6.45, 7) is 3.20. The summed E-state index contributed by atoms with van der Waals surface area (Å²) in [5.74, 6) is 0.143. The first kappa shape index (κ1) is 25.6. The molecule has 0 saturated heterocycles. The molecule has 2 aromatic carbocycles. The molecular formula is C26H12Br4O2S4. The normalized spacial score (nSPS) is 11.8. The van der Waals surface area contributed by atoms with Crippen LogP contribution in [0.25, 0.3) is 49.1 Å². The molecule has 0 aliphatic carbocycles. The Morgan fingerprint density at radius 3 is 1.28 bits per heavy atom. The number of rotatable bonds is 4. The number of ketones is 2. The fourth-order valence-electron chi connectivity index (χ4n) is 4.03. The van der Waals surface area contributed by atoms with Gasteiger partial charge in [0, 0.05) is 40.2 Å². The van der Waals surface area contributed by atoms with Gasteiger partial charge in [-0.1, -0.05) is 24.3 Å². The minimum absolute atomic E-state index is 0.0715. The van der Waals surface area contributed by atoms with Gasteiger partial charge in [-0.05, 0) is 89.7 Å². The van der Waals surface area contributed by atoms with Crippen LogP contribution in [0.5, 0.6) is 0 Å². The molecule has 0 unspecified atom stereocenters. The number of Topliss-reactive ketones (excluding diaryl/α,β-unsaturated/α-hetero) is 2. The molecule has 4 aromatic heterocycles. The molecule has 0 aliphatic heterocycles. The molecule has 0 fully saturated rings. The number of halogens is 4. The number of fused-ring (bicyclic) bond motifs is 3. The predicted octanol–water partition coefficient (Wildman–Crippen LogP) is 12.2. The summed E-state index contributed by atoms with van der Waals surface area (Å²) in [5, 5.41) is 2.23. The molecule has 4 heterocycles. The summed E-state index contributed by atoms with van der Waals surface area (Å²) in [6.07, 6.45) is 0. The number of hydrogen-bond acceptors (Lipinski definition) is 6. The number of carbonyl (C=O) groups is 2. The lowest BCUT2D eigenvalue weighted by Crippen LogP contribution is -1.89. The molecule has 0 saturated carbocycles. The second-order valence-electron chi connectivity index (χ2n) is 8.17. The van der Waals surface area contributed by atoms with E-state index in [1.54, 1.807) is 59.2 Å². The smallest absolute Gasteiger partial charge is 0.159 e. The molecule has 10 heteroatoms. The predicted molar refractivity (Wildman–Crippen MR) is 172 cm³/mol. The van der Waals surface area contributed by atoms with Crippen LogP contribution in [-0.4, -0.2) is 11.6 Å². The van der Waals surface area contributed by atoms with Crippen LogP contribution in [0.4, 0.5) is 0 Å². The highest BCUT2D eigenvalue weighted by molar-refractivity contribution is 9.11. The highest BCUT2D eigenvalue weighted by atomic mass is 79.9. The average molecular weight is 804 g/mol. The molecule has 0 amide bonds. The standard InChI is InChI=1S/C26H12Br4O2S4/c1-9(31)11-3-5-13-15(7-11)33-21(17(13)27)23-19(29)25-26(35-23)20(30)24(36-25)22-18(28)14-6-4-12(10(2)32)8-16(14)34-22/h3-8H,1-2H3. The molecule has 6 aromatic rings. The zero-order chi connectivity index (χ0) is 25.5. The van der Waals surface area contributed by atoms with Crippen molar-refractivity contribution >= 4 is 150 Å². The Balaban J connectivity index is 1.49. The fraction of sp³-hybridized carbons (Fsp3) is 0.0769. The minimum Gasteiger partial charge on any atom is -0.295 e. The summed E-state index contributed by atoms with van der Waals surface area (Å²) >= 11 is 22.3. The van der Waals surface area contributed by atoms with E-state index in [1.165, 1.54) is 19.2 Å². The van der Waals surface area contributed by atoms with E-state index >= 15 is 0 Å². The van der Waals surface area contributed by atoms with Gasteiger partial charge in [-0.15, -0.1) is 45.3 Å². The van der Waals surface area contributed by atoms with Gasteiger partial charge in [0.05, 0.1) is 37.9 Å². The van der Waals surface area contributed by atoms with E-state index in [-0.39, 0.29) is 11.6 Å². The maximum atomic E-state index is 11.9. The lowest BCUT2D eigenvalue weighted by atomic mass is 10.1. The second kappa shape index (κ2) is 9.48. The first-order valence-electron chi connectivity index (χ1n) is 10.5. The lowest BCUT2D eigenvalue weighted by Gasteiger charge is -1.98. The van der Waals surface area contributed by atoms with Gasteiger partial charge in [-0.2, -0.15) is 0 Å². The summed E-state index contributed by atoms with van der Waals surface area (Å²) in [4.78, 5) is 28.4. The quantitative estimate of drug-likeness (QED) is 0.166. The van der Waals surface area contributed by atoms with Crippen molar-refractivity contribution in [2.75, 3.05) is 0 Å². The van der Waals surface area contributed by atoms with Crippen LogP contribution in [0.2, 0.25) is 0 Å². The first-order chi connectivity index (χ1) is 17.2. The zero-order valence-corrected chi connectivity index (χ0v) is 28.0. The molecule has 0 atom stereocenters. The zero-order valence-electron chi connectivity index (χ0n) is 18.4. The van der Waals surface area contributed by atoms with Crippen LogP contribution >= 0.6 is 109 Å². The van der Waals surface area contributed by atoms with Crippen LogP contribution in [0, 0.1) is 0 Å². The van der Waals surface area contributed by atoms with Crippen LogP contribution in [0.3, 0.4) is 0 Å². The van der Waals surface area contributed by atoms with E-state index in [0.29, 0.717) is 0 Å². The molecule has 0 radical (unpaired) electrons. The first-order valence-corrected chi connectivity index (χ1v) is 17.0. The Bertz CT molecular complexity index is 1770. The maximum Gasteiger partial charge on any atom is 0.159 e. The number of thiophene rings is 4. The summed E-state index contributed by atoms with van der Waals surface area (Å²) < 4.78 is 8.83. The summed E-state index contributed by atoms with van der Waals surface area (Å²) in [6, 6.07) is 11.8. The number of benzene rings is 2. The molecule has 36 heavy (non-hydrogen) atoms. The molecule has 0 aliphatic rings. The monoisotopic (exact) mass is 800 g/mol. The molecule has 180 valence electrons. The third-order valence-electron chi connectivity index (χ3n) is 5.90. The summed E-state index contributed by atoms with van der Waals surface area (Å²) in [7, 11) is 0. The van der Waals surface area contributed by atoms with Gasteiger partial charge in [-0.25, -0.2) is 0 Å². The van der Waals surface area contributed by atoms with Gasteiger partial charge in [0.25, 0.3) is 0 Å². The third kappa shape index (κ3) is 3.99. The van der Waals surface area contributed by atoms with E-state index in [4.69, 9.17) is 0 Å². The van der Waals surface area contributed by atoms with Crippen molar-refractivity contribution in [3.63, 3.8) is 0 Å². The van der Waals surface area contributed by atoms with Crippen LogP contribution in [-0.2, 0) is 0 Å². The van der Waals surface area contributed by atoms with E-state index in [2.05, 4.69) is 63.7 Å². The van der Waals surface area contributed by atoms with Gasteiger partial charge in [-0.3, -0.25) is 9.59 Å². The molecular weight excluding hydrogens is 792 g/mol. The van der Waals surface area contributed by atoms with Crippen molar-refractivity contribution in [3.05, 3.63) is 65.4 Å². The van der Waals surface area contributed by atoms with E-state index in [9.17, 15) is 9.59 Å². The Morgan fingerprint density at radius 1 is 0.556 bits per heavy atom. The molecule has 2 nitrogen and oxygen atoms in total. The number of carbonyl (C=O) groups excluding carboxylic acids is 2. The van der Waals surface area contributed by atoms with Crippen LogP contribution in [0.15, 0.2) is 54.3 Å². The van der Waals surface area contributed by atoms with Crippen LogP contribution < -0.4 is 0 Å². The average Bonchev–Trinajstić information content (AvgIpc) is 3.55. The third-order valence-corrected chi connectivity index (χ3v) is 15.9. The van der Waals surface area contributed by atoms with Gasteiger partial charge < -0.3 is 0 Å². The fourth-order valence-corrected chi connectivity index (χ4v) is 13.4. The molecule has 0 N–H and O–H groups in total. The van der Waals surface area contributed by atoms with Crippen molar-refractivity contribution in [2.24, 2.45) is 0 Å². The molecule has 6 rings (SSSR count). The van der Waals surface area contributed by atoms with Gasteiger partial charge in [0.1, 0.15) is 0 Å². The van der Waals surface area contributed by atoms with E-state index < -0.39 is 0 Å². The molecule has 0 bridgehead atoms. The Morgan fingerprint density at radius 2 is 0.917 bits per heavy atom. The van der Waals surface area contributed by atoms with Crippen molar-refractivity contribution < 1.29 is 9.59 Å². The highest BCUT2D eigenvalue weighted by Gasteiger charge is 2.25. The minimum atomic E-state index is 0.0715. The van der Waals surface area contributed by atoms with Gasteiger partial charge in [0.2, 0.25) is 0 Å². The van der Waals surface area contributed by atoms with Gasteiger partial charge >= 0.3 is 0 Å². The van der Waals surface area contributed by atoms with Crippen molar-refractivity contribution in [3.8, 4) is 19.5 Å². The number of hydrogen-bond donors (Lipinski definition) is 0. The van der Waals surface area contributed by atoms with Crippen molar-refractivity contribution in [1.82, 2.24) is 0 Å². The SMILES string of the molecule is CC(=O)c1ccc2c(Br)c(-c3sc4c(Br)c(-c5sc6cc(C(C)=O)ccc6c5Br)sc4c3Br)sc2c1. The highest BCUT2D eigenvalue weighted by Crippen LogP contribution is 2.57. The van der Waals surface area contributed by atoms with Crippen molar-refractivity contribution in [2.45, 2.75) is 13.8 Å². The Kier molecular flexibility index (Phi) is 6.73. The second-order valence-corrected chi connectivity index (χ2v) is 15.5. The van der Waals surface area contributed by atoms with E-state index in [1.807, 2.05) is 36.4 Å². The Labute approximate surface area is 255 Å². The van der Waals surface area contributed by atoms with Gasteiger partial charge in [0.15, 0.2) is 11.6 Å². The topological polar surface area (TPSA) is 34.1 Å².